The maximum absolute atomic E-state index is 13.9. The number of nitrogens with zero attached hydrogens (tertiary/aromatic N) is 1. The van der Waals surface area contributed by atoms with E-state index in [1.165, 1.54) is 17.9 Å². The van der Waals surface area contributed by atoms with Crippen molar-refractivity contribution in [1.82, 2.24) is 0 Å². The van der Waals surface area contributed by atoms with E-state index in [1.54, 1.807) is 20.8 Å². The molecular formula is C15H18FNO4. The lowest BCUT2D eigenvalue weighted by atomic mass is 10.1. The van der Waals surface area contributed by atoms with Crippen molar-refractivity contribution >= 4 is 17.6 Å². The molecule has 0 atom stereocenters. The van der Waals surface area contributed by atoms with Crippen molar-refractivity contribution in [2.75, 3.05) is 18.1 Å². The zero-order valence-corrected chi connectivity index (χ0v) is 12.5. The van der Waals surface area contributed by atoms with E-state index in [-0.39, 0.29) is 24.4 Å². The number of anilines is 1. The fourth-order valence-electron chi connectivity index (χ4n) is 2.01. The lowest BCUT2D eigenvalue weighted by Gasteiger charge is -2.31. The number of amides is 1. The number of hydrogen-bond acceptors (Lipinski definition) is 4. The maximum atomic E-state index is 13.9. The SMILES string of the molecule is CC(=O)c1cc2c(cc1F)N(C(=O)OC(C)(C)C)CCO2. The van der Waals surface area contributed by atoms with Crippen molar-refractivity contribution < 1.29 is 23.5 Å². The Morgan fingerprint density at radius 1 is 1.33 bits per heavy atom. The molecule has 1 aromatic carbocycles. The van der Waals surface area contributed by atoms with Gasteiger partial charge in [0.05, 0.1) is 17.8 Å². The molecule has 21 heavy (non-hydrogen) atoms. The van der Waals surface area contributed by atoms with Crippen molar-refractivity contribution in [3.63, 3.8) is 0 Å². The second-order valence-corrected chi connectivity index (χ2v) is 5.84. The lowest BCUT2D eigenvalue weighted by molar-refractivity contribution is 0.0567. The molecule has 2 rings (SSSR count). The summed E-state index contributed by atoms with van der Waals surface area (Å²) in [7, 11) is 0. The Kier molecular flexibility index (Phi) is 3.89. The number of carbonyl (C=O) groups excluding carboxylic acids is 2. The van der Waals surface area contributed by atoms with Crippen LogP contribution in [-0.4, -0.2) is 30.6 Å². The normalized spacial score (nSPS) is 14.2. The van der Waals surface area contributed by atoms with Crippen LogP contribution in [0, 0.1) is 5.82 Å². The van der Waals surface area contributed by atoms with Crippen LogP contribution in [-0.2, 0) is 4.74 Å². The van der Waals surface area contributed by atoms with Crippen molar-refractivity contribution in [2.24, 2.45) is 0 Å². The molecule has 1 amide bonds. The molecule has 6 heteroatoms. The minimum atomic E-state index is -0.680. The summed E-state index contributed by atoms with van der Waals surface area (Å²) in [6, 6.07) is 2.46. The molecule has 5 nitrogen and oxygen atoms in total. The van der Waals surface area contributed by atoms with Crippen LogP contribution in [0.5, 0.6) is 5.75 Å². The second-order valence-electron chi connectivity index (χ2n) is 5.84. The van der Waals surface area contributed by atoms with Gasteiger partial charge in [-0.1, -0.05) is 0 Å². The molecule has 1 aliphatic heterocycles. The first-order valence-corrected chi connectivity index (χ1v) is 6.67. The molecule has 0 N–H and O–H groups in total. The lowest BCUT2D eigenvalue weighted by Crippen LogP contribution is -2.41. The molecule has 0 spiro atoms. The molecule has 1 aliphatic rings. The van der Waals surface area contributed by atoms with E-state index in [0.29, 0.717) is 5.75 Å². The van der Waals surface area contributed by atoms with Crippen molar-refractivity contribution in [3.8, 4) is 5.75 Å². The van der Waals surface area contributed by atoms with Crippen LogP contribution in [0.15, 0.2) is 12.1 Å². The van der Waals surface area contributed by atoms with Crippen LogP contribution >= 0.6 is 0 Å². The average Bonchev–Trinajstić information content (AvgIpc) is 2.34. The zero-order chi connectivity index (χ0) is 15.8. The Labute approximate surface area is 122 Å². The van der Waals surface area contributed by atoms with Gasteiger partial charge in [0, 0.05) is 6.07 Å². The zero-order valence-electron chi connectivity index (χ0n) is 12.5. The fourth-order valence-corrected chi connectivity index (χ4v) is 2.01. The molecule has 0 aliphatic carbocycles. The van der Waals surface area contributed by atoms with E-state index in [9.17, 15) is 14.0 Å². The van der Waals surface area contributed by atoms with Gasteiger partial charge in [0.25, 0.3) is 0 Å². The Morgan fingerprint density at radius 2 is 2.00 bits per heavy atom. The van der Waals surface area contributed by atoms with Gasteiger partial charge in [0.15, 0.2) is 5.78 Å². The average molecular weight is 295 g/mol. The molecule has 0 saturated heterocycles. The quantitative estimate of drug-likeness (QED) is 0.747. The number of fused-ring (bicyclic) bond motifs is 1. The highest BCUT2D eigenvalue weighted by Crippen LogP contribution is 2.35. The third-order valence-corrected chi connectivity index (χ3v) is 2.91. The predicted octanol–water partition coefficient (Wildman–Crippen LogP) is 3.16. The molecule has 1 heterocycles. The summed E-state index contributed by atoms with van der Waals surface area (Å²) < 4.78 is 24.7. The van der Waals surface area contributed by atoms with Crippen LogP contribution in [0.1, 0.15) is 38.1 Å². The molecular weight excluding hydrogens is 277 g/mol. The third kappa shape index (κ3) is 3.32. The number of hydrogen-bond donors (Lipinski definition) is 0. The van der Waals surface area contributed by atoms with Gasteiger partial charge in [-0.25, -0.2) is 9.18 Å². The summed E-state index contributed by atoms with van der Waals surface area (Å²) in [6.07, 6.45) is -0.568. The monoisotopic (exact) mass is 295 g/mol. The van der Waals surface area contributed by atoms with Gasteiger partial charge in [-0.3, -0.25) is 9.69 Å². The van der Waals surface area contributed by atoms with Gasteiger partial charge in [0.1, 0.15) is 23.8 Å². The molecule has 1 aromatic rings. The molecule has 0 aromatic heterocycles. The number of ether oxygens (including phenoxy) is 2. The minimum absolute atomic E-state index is 0.0558. The molecule has 0 fully saturated rings. The first kappa shape index (κ1) is 15.3. The van der Waals surface area contributed by atoms with Crippen molar-refractivity contribution in [3.05, 3.63) is 23.5 Å². The van der Waals surface area contributed by atoms with Gasteiger partial charge in [0.2, 0.25) is 0 Å². The highest BCUT2D eigenvalue weighted by Gasteiger charge is 2.29. The standard InChI is InChI=1S/C15H18FNO4/c1-9(18)10-7-13-12(8-11(10)16)17(5-6-20-13)14(19)21-15(2,3)4/h7-8H,5-6H2,1-4H3. The number of benzene rings is 1. The van der Waals surface area contributed by atoms with Gasteiger partial charge in [-0.15, -0.1) is 0 Å². The Bertz CT molecular complexity index is 592. The molecule has 0 radical (unpaired) electrons. The summed E-state index contributed by atoms with van der Waals surface area (Å²) >= 11 is 0. The highest BCUT2D eigenvalue weighted by atomic mass is 19.1. The Morgan fingerprint density at radius 3 is 2.57 bits per heavy atom. The van der Waals surface area contributed by atoms with Crippen LogP contribution in [0.3, 0.4) is 0 Å². The van der Waals surface area contributed by atoms with Crippen LogP contribution < -0.4 is 9.64 Å². The van der Waals surface area contributed by atoms with Crippen LogP contribution in [0.4, 0.5) is 14.9 Å². The van der Waals surface area contributed by atoms with E-state index in [2.05, 4.69) is 0 Å². The van der Waals surface area contributed by atoms with E-state index >= 15 is 0 Å². The van der Waals surface area contributed by atoms with Crippen LogP contribution in [0.2, 0.25) is 0 Å². The molecule has 0 unspecified atom stereocenters. The van der Waals surface area contributed by atoms with E-state index in [4.69, 9.17) is 9.47 Å². The number of ketones is 1. The predicted molar refractivity (Wildman–Crippen MR) is 75.5 cm³/mol. The summed E-state index contributed by atoms with van der Waals surface area (Å²) in [6.45, 7) is 7.07. The minimum Gasteiger partial charge on any atom is -0.490 e. The second kappa shape index (κ2) is 5.35. The number of rotatable bonds is 1. The highest BCUT2D eigenvalue weighted by molar-refractivity contribution is 5.97. The first-order chi connectivity index (χ1) is 9.69. The number of halogens is 1. The van der Waals surface area contributed by atoms with E-state index in [0.717, 1.165) is 6.07 Å². The maximum Gasteiger partial charge on any atom is 0.415 e. The summed E-state index contributed by atoms with van der Waals surface area (Å²) in [5, 5.41) is 0. The fraction of sp³-hybridized carbons (Fsp3) is 0.467. The van der Waals surface area contributed by atoms with Crippen molar-refractivity contribution in [2.45, 2.75) is 33.3 Å². The van der Waals surface area contributed by atoms with Gasteiger partial charge < -0.3 is 9.47 Å². The Hall–Kier alpha value is -2.11. The van der Waals surface area contributed by atoms with E-state index in [1.807, 2.05) is 0 Å². The number of carbonyl (C=O) groups is 2. The molecule has 114 valence electrons. The summed E-state index contributed by atoms with van der Waals surface area (Å²) in [4.78, 5) is 24.8. The van der Waals surface area contributed by atoms with Crippen molar-refractivity contribution in [1.29, 1.82) is 0 Å². The van der Waals surface area contributed by atoms with Gasteiger partial charge in [-0.2, -0.15) is 0 Å². The molecule has 0 saturated carbocycles. The first-order valence-electron chi connectivity index (χ1n) is 6.67. The topological polar surface area (TPSA) is 55.8 Å². The Balaban J connectivity index is 2.38. The number of Topliss-reactive ketones (excluding diaryl/α,β-unsaturated/α-hetero) is 1. The van der Waals surface area contributed by atoms with Crippen LogP contribution in [0.25, 0.3) is 0 Å². The summed E-state index contributed by atoms with van der Waals surface area (Å²) in [5.41, 5.74) is -0.425. The summed E-state index contributed by atoms with van der Waals surface area (Å²) in [5.74, 6) is -0.771. The third-order valence-electron chi connectivity index (χ3n) is 2.91. The van der Waals surface area contributed by atoms with E-state index < -0.39 is 23.3 Å². The van der Waals surface area contributed by atoms with Gasteiger partial charge >= 0.3 is 6.09 Å². The molecule has 0 bridgehead atoms. The smallest absolute Gasteiger partial charge is 0.415 e. The van der Waals surface area contributed by atoms with Gasteiger partial charge in [-0.05, 0) is 33.8 Å². The largest absolute Gasteiger partial charge is 0.490 e.